The Kier molecular flexibility index (Phi) is 5.42. The van der Waals surface area contributed by atoms with Crippen LogP contribution in [0.25, 0.3) is 0 Å². The highest BCUT2D eigenvalue weighted by Gasteiger charge is 2.10. The number of carbonyl (C=O) groups is 1. The number of aromatic nitrogens is 2. The predicted octanol–water partition coefficient (Wildman–Crippen LogP) is 3.50. The summed E-state index contributed by atoms with van der Waals surface area (Å²) >= 11 is 0. The average molecular weight is 314 g/mol. The second-order valence-corrected chi connectivity index (χ2v) is 5.97. The van der Waals surface area contributed by atoms with Gasteiger partial charge in [0.15, 0.2) is 0 Å². The van der Waals surface area contributed by atoms with Crippen molar-refractivity contribution in [3.63, 3.8) is 0 Å². The molecule has 0 bridgehead atoms. The third kappa shape index (κ3) is 4.34. The van der Waals surface area contributed by atoms with Gasteiger partial charge in [0.2, 0.25) is 0 Å². The maximum atomic E-state index is 12.0. The van der Waals surface area contributed by atoms with E-state index < -0.39 is 0 Å². The number of nitrogens with zero attached hydrogens (tertiary/aromatic N) is 2. The van der Waals surface area contributed by atoms with Crippen molar-refractivity contribution < 1.29 is 4.79 Å². The molecular formula is C18H26N4O. The quantitative estimate of drug-likeness (QED) is 0.887. The van der Waals surface area contributed by atoms with Gasteiger partial charge >= 0.3 is 6.03 Å². The average Bonchev–Trinajstić information content (AvgIpc) is 2.73. The number of urea groups is 1. The molecule has 0 atom stereocenters. The first-order chi connectivity index (χ1) is 10.9. The summed E-state index contributed by atoms with van der Waals surface area (Å²) in [5, 5.41) is 10.3. The van der Waals surface area contributed by atoms with E-state index in [0.29, 0.717) is 6.54 Å². The number of nitrogens with one attached hydrogen (secondary N) is 2. The summed E-state index contributed by atoms with van der Waals surface area (Å²) in [6, 6.07) is 5.84. The number of amides is 2. The fourth-order valence-corrected chi connectivity index (χ4v) is 2.93. The molecule has 0 unspecified atom stereocenters. The first kappa shape index (κ1) is 17.1. The van der Waals surface area contributed by atoms with Crippen LogP contribution in [0.3, 0.4) is 0 Å². The van der Waals surface area contributed by atoms with Crippen molar-refractivity contribution in [2.24, 2.45) is 0 Å². The molecule has 0 aliphatic carbocycles. The summed E-state index contributed by atoms with van der Waals surface area (Å²) in [5.74, 6) is 0. The molecule has 2 amide bonds. The molecule has 1 heterocycles. The van der Waals surface area contributed by atoms with Gasteiger partial charge in [-0.25, -0.2) is 4.79 Å². The third-order valence-electron chi connectivity index (χ3n) is 3.97. The molecule has 5 heteroatoms. The topological polar surface area (TPSA) is 59.0 Å². The molecule has 5 nitrogen and oxygen atoms in total. The molecule has 0 spiro atoms. The summed E-state index contributed by atoms with van der Waals surface area (Å²) in [5.41, 5.74) is 6.55. The Morgan fingerprint density at radius 3 is 2.35 bits per heavy atom. The smallest absolute Gasteiger partial charge is 0.319 e. The minimum absolute atomic E-state index is 0.173. The first-order valence-electron chi connectivity index (χ1n) is 8.06. The molecule has 2 aromatic rings. The standard InChI is InChI=1S/C18H26N4O/c1-6-22-15(5)17(14(4)21-22)7-8-19-18(23)20-16-10-12(2)9-13(3)11-16/h9-11H,6-8H2,1-5H3,(H2,19,20,23). The van der Waals surface area contributed by atoms with Gasteiger partial charge in [0.05, 0.1) is 5.69 Å². The SMILES string of the molecule is CCn1nc(C)c(CCNC(=O)Nc2cc(C)cc(C)c2)c1C. The van der Waals surface area contributed by atoms with Crippen LogP contribution in [0.2, 0.25) is 0 Å². The van der Waals surface area contributed by atoms with E-state index in [2.05, 4.69) is 35.6 Å². The van der Waals surface area contributed by atoms with E-state index in [-0.39, 0.29) is 6.03 Å². The van der Waals surface area contributed by atoms with Crippen LogP contribution in [0.15, 0.2) is 18.2 Å². The minimum atomic E-state index is -0.173. The van der Waals surface area contributed by atoms with E-state index in [9.17, 15) is 4.79 Å². The summed E-state index contributed by atoms with van der Waals surface area (Å²) in [7, 11) is 0. The van der Waals surface area contributed by atoms with Crippen molar-refractivity contribution in [3.05, 3.63) is 46.3 Å². The molecule has 23 heavy (non-hydrogen) atoms. The minimum Gasteiger partial charge on any atom is -0.338 e. The van der Waals surface area contributed by atoms with Crippen molar-refractivity contribution in [3.8, 4) is 0 Å². The van der Waals surface area contributed by atoms with Crippen LogP contribution < -0.4 is 10.6 Å². The van der Waals surface area contributed by atoms with Crippen LogP contribution in [0.4, 0.5) is 10.5 Å². The van der Waals surface area contributed by atoms with Crippen LogP contribution >= 0.6 is 0 Å². The Balaban J connectivity index is 1.89. The van der Waals surface area contributed by atoms with Crippen molar-refractivity contribution in [1.82, 2.24) is 15.1 Å². The van der Waals surface area contributed by atoms with Crippen LogP contribution in [0.5, 0.6) is 0 Å². The Morgan fingerprint density at radius 2 is 1.78 bits per heavy atom. The molecule has 0 radical (unpaired) electrons. The number of aryl methyl sites for hydroxylation is 4. The van der Waals surface area contributed by atoms with Gasteiger partial charge in [0, 0.05) is 24.5 Å². The normalized spacial score (nSPS) is 10.7. The fourth-order valence-electron chi connectivity index (χ4n) is 2.93. The lowest BCUT2D eigenvalue weighted by molar-refractivity contribution is 0.252. The highest BCUT2D eigenvalue weighted by Crippen LogP contribution is 2.14. The molecule has 0 aliphatic rings. The summed E-state index contributed by atoms with van der Waals surface area (Å²) < 4.78 is 2.00. The van der Waals surface area contributed by atoms with Crippen LogP contribution in [-0.4, -0.2) is 22.4 Å². The molecule has 1 aromatic heterocycles. The van der Waals surface area contributed by atoms with Gasteiger partial charge in [-0.05, 0) is 69.9 Å². The predicted molar refractivity (Wildman–Crippen MR) is 94.0 cm³/mol. The summed E-state index contributed by atoms with van der Waals surface area (Å²) in [6.07, 6.45) is 0.790. The van der Waals surface area contributed by atoms with Gasteiger partial charge in [0.1, 0.15) is 0 Å². The second-order valence-electron chi connectivity index (χ2n) is 5.97. The van der Waals surface area contributed by atoms with Gasteiger partial charge in [0.25, 0.3) is 0 Å². The van der Waals surface area contributed by atoms with E-state index >= 15 is 0 Å². The lowest BCUT2D eigenvalue weighted by Gasteiger charge is -2.09. The molecule has 0 saturated heterocycles. The third-order valence-corrected chi connectivity index (χ3v) is 3.97. The maximum absolute atomic E-state index is 12.0. The van der Waals surface area contributed by atoms with Crippen molar-refractivity contribution >= 4 is 11.7 Å². The Bertz CT molecular complexity index is 683. The molecule has 0 fully saturated rings. The van der Waals surface area contributed by atoms with E-state index in [0.717, 1.165) is 35.5 Å². The maximum Gasteiger partial charge on any atom is 0.319 e. The monoisotopic (exact) mass is 314 g/mol. The number of hydrogen-bond acceptors (Lipinski definition) is 2. The number of hydrogen-bond donors (Lipinski definition) is 2. The first-order valence-corrected chi connectivity index (χ1v) is 8.06. The molecule has 1 aromatic carbocycles. The Hall–Kier alpha value is -2.30. The zero-order chi connectivity index (χ0) is 17.0. The van der Waals surface area contributed by atoms with Crippen LogP contribution in [0, 0.1) is 27.7 Å². The number of benzene rings is 1. The van der Waals surface area contributed by atoms with Crippen molar-refractivity contribution in [2.45, 2.75) is 47.6 Å². The fraction of sp³-hybridized carbons (Fsp3) is 0.444. The largest absolute Gasteiger partial charge is 0.338 e. The lowest BCUT2D eigenvalue weighted by atomic mass is 10.1. The molecule has 2 N–H and O–H groups in total. The van der Waals surface area contributed by atoms with Gasteiger partial charge < -0.3 is 10.6 Å². The van der Waals surface area contributed by atoms with Crippen LogP contribution in [0.1, 0.15) is 35.0 Å². The van der Waals surface area contributed by atoms with Gasteiger partial charge in [-0.15, -0.1) is 0 Å². The van der Waals surface area contributed by atoms with E-state index in [1.807, 2.05) is 37.6 Å². The molecule has 0 aliphatic heterocycles. The highest BCUT2D eigenvalue weighted by molar-refractivity contribution is 5.89. The number of rotatable bonds is 5. The van der Waals surface area contributed by atoms with Crippen molar-refractivity contribution in [1.29, 1.82) is 0 Å². The number of anilines is 1. The Morgan fingerprint density at radius 1 is 1.13 bits per heavy atom. The summed E-state index contributed by atoms with van der Waals surface area (Å²) in [4.78, 5) is 12.0. The van der Waals surface area contributed by atoms with Crippen molar-refractivity contribution in [2.75, 3.05) is 11.9 Å². The molecule has 124 valence electrons. The van der Waals surface area contributed by atoms with Gasteiger partial charge in [-0.1, -0.05) is 6.07 Å². The summed E-state index contributed by atoms with van der Waals surface area (Å²) in [6.45, 7) is 11.7. The number of carbonyl (C=O) groups excluding carboxylic acids is 1. The van der Waals surface area contributed by atoms with E-state index in [4.69, 9.17) is 0 Å². The molecular weight excluding hydrogens is 288 g/mol. The van der Waals surface area contributed by atoms with Crippen LogP contribution in [-0.2, 0) is 13.0 Å². The molecule has 0 saturated carbocycles. The molecule has 2 rings (SSSR count). The lowest BCUT2D eigenvalue weighted by Crippen LogP contribution is -2.30. The highest BCUT2D eigenvalue weighted by atomic mass is 16.2. The van der Waals surface area contributed by atoms with Gasteiger partial charge in [-0.3, -0.25) is 4.68 Å². The van der Waals surface area contributed by atoms with Gasteiger partial charge in [-0.2, -0.15) is 5.10 Å². The van der Waals surface area contributed by atoms with E-state index in [1.165, 1.54) is 11.3 Å². The zero-order valence-electron chi connectivity index (χ0n) is 14.7. The zero-order valence-corrected chi connectivity index (χ0v) is 14.7. The van der Waals surface area contributed by atoms with E-state index in [1.54, 1.807) is 0 Å². The Labute approximate surface area is 138 Å². The second kappa shape index (κ2) is 7.31.